The van der Waals surface area contributed by atoms with Crippen LogP contribution in [0.3, 0.4) is 0 Å². The molecule has 1 aliphatic rings. The molecule has 15 nitrogen and oxygen atoms in total. The molecular weight excluding hydrogens is 603 g/mol. The highest BCUT2D eigenvalue weighted by atomic mass is 32.2. The van der Waals surface area contributed by atoms with E-state index in [0.29, 0.717) is 5.52 Å². The number of aliphatic hydroxyl groups excluding tert-OH is 1. The van der Waals surface area contributed by atoms with Gasteiger partial charge in [-0.05, 0) is 37.6 Å². The summed E-state index contributed by atoms with van der Waals surface area (Å²) in [6.45, 7) is 2.62. The first-order valence-corrected chi connectivity index (χ1v) is 16.9. The fraction of sp³-hybridized carbons (Fsp3) is 0.462. The van der Waals surface area contributed by atoms with Crippen molar-refractivity contribution in [3.63, 3.8) is 0 Å². The van der Waals surface area contributed by atoms with Crippen LogP contribution in [0.15, 0.2) is 48.8 Å². The van der Waals surface area contributed by atoms with Gasteiger partial charge in [0.15, 0.2) is 5.82 Å². The van der Waals surface area contributed by atoms with Crippen molar-refractivity contribution in [3.05, 3.63) is 54.5 Å². The summed E-state index contributed by atoms with van der Waals surface area (Å²) >= 11 is 0. The third-order valence-electron chi connectivity index (χ3n) is 6.94. The van der Waals surface area contributed by atoms with Gasteiger partial charge < -0.3 is 24.8 Å². The summed E-state index contributed by atoms with van der Waals surface area (Å²) in [5.74, 6) is -1.79. The average Bonchev–Trinajstić information content (AvgIpc) is 3.51. The van der Waals surface area contributed by atoms with Gasteiger partial charge >= 0.3 is 13.7 Å². The molecule has 0 aliphatic carbocycles. The highest BCUT2D eigenvalue weighted by Gasteiger charge is 2.56. The van der Waals surface area contributed by atoms with E-state index in [1.165, 1.54) is 23.0 Å². The fourth-order valence-corrected chi connectivity index (χ4v) is 6.91. The average molecular weight is 637 g/mol. The number of hydrogen-bond acceptors (Lipinski definition) is 13. The molecule has 1 saturated heterocycles. The van der Waals surface area contributed by atoms with Crippen LogP contribution in [0.5, 0.6) is 5.75 Å². The minimum atomic E-state index is -4.47. The van der Waals surface area contributed by atoms with Crippen LogP contribution in [0.25, 0.3) is 5.52 Å². The third-order valence-corrected chi connectivity index (χ3v) is 9.49. The summed E-state index contributed by atoms with van der Waals surface area (Å²) in [5, 5.41) is 28.1. The number of ether oxygens (including phenoxy) is 2. The van der Waals surface area contributed by atoms with Crippen molar-refractivity contribution in [1.82, 2.24) is 19.7 Å². The standard InChI is InChI=1S/C26H33N6O9PS/c1-4-38-25(34)19(12-13-43(3,36)37)31-42(35,41-18-8-6-5-7-9-18)39-14-21-23(33)17(2)26(15-27,40-21)22-11-10-20-24(28)29-16-30-32(20)22/h5-11,16-17,19,21,23,33H,4,12-14H2,1-3H3,(H,31,35)(H2,28,29,30)/t17-,19-,21+,23-,26+,42?/m0/s1. The maximum atomic E-state index is 14.1. The zero-order valence-electron chi connectivity index (χ0n) is 23.7. The summed E-state index contributed by atoms with van der Waals surface area (Å²) in [6, 6.07) is 11.9. The van der Waals surface area contributed by atoms with Gasteiger partial charge in [0.1, 0.15) is 45.6 Å². The summed E-state index contributed by atoms with van der Waals surface area (Å²) in [6.07, 6.45) is -0.527. The Hall–Kier alpha value is -3.58. The van der Waals surface area contributed by atoms with Crippen molar-refractivity contribution in [2.24, 2.45) is 5.92 Å². The summed E-state index contributed by atoms with van der Waals surface area (Å²) in [4.78, 5) is 16.6. The molecule has 232 valence electrons. The lowest BCUT2D eigenvalue weighted by Gasteiger charge is -2.26. The number of sulfone groups is 1. The number of nitrogens with two attached hydrogens (primary N) is 1. The number of fused-ring (bicyclic) bond motifs is 1. The molecule has 0 spiro atoms. The second-order valence-corrected chi connectivity index (χ2v) is 13.9. The number of esters is 1. The molecule has 0 amide bonds. The molecule has 1 fully saturated rings. The number of carbonyl (C=O) groups excluding carboxylic acids is 1. The summed E-state index contributed by atoms with van der Waals surface area (Å²) in [5.41, 5.74) is 4.96. The van der Waals surface area contributed by atoms with Crippen molar-refractivity contribution >= 4 is 34.9 Å². The monoisotopic (exact) mass is 636 g/mol. The zero-order chi connectivity index (χ0) is 31.4. The Labute approximate surface area is 248 Å². The second kappa shape index (κ2) is 13.0. The molecule has 1 aliphatic heterocycles. The number of carbonyl (C=O) groups is 1. The van der Waals surface area contributed by atoms with Gasteiger partial charge in [-0.2, -0.15) is 15.4 Å². The minimum Gasteiger partial charge on any atom is -0.465 e. The van der Waals surface area contributed by atoms with Crippen molar-refractivity contribution in [3.8, 4) is 11.8 Å². The Bertz CT molecular complexity index is 1650. The van der Waals surface area contributed by atoms with E-state index in [0.717, 1.165) is 6.26 Å². The molecule has 0 bridgehead atoms. The van der Waals surface area contributed by atoms with E-state index in [-0.39, 0.29) is 30.3 Å². The maximum Gasteiger partial charge on any atom is 0.459 e. The van der Waals surface area contributed by atoms with E-state index in [9.17, 15) is 28.1 Å². The molecule has 1 aromatic carbocycles. The van der Waals surface area contributed by atoms with Crippen LogP contribution in [-0.4, -0.2) is 77.6 Å². The Morgan fingerprint density at radius 1 is 1.33 bits per heavy atom. The van der Waals surface area contributed by atoms with Gasteiger partial charge in [0.2, 0.25) is 5.60 Å². The molecular formula is C26H33N6O9PS. The van der Waals surface area contributed by atoms with Crippen LogP contribution in [0.2, 0.25) is 0 Å². The third kappa shape index (κ3) is 7.15. The first-order valence-electron chi connectivity index (χ1n) is 13.3. The molecule has 4 rings (SSSR count). The topological polar surface area (TPSA) is 217 Å². The first kappa shape index (κ1) is 32.3. The van der Waals surface area contributed by atoms with E-state index in [4.69, 9.17) is 24.3 Å². The number of nitriles is 1. The van der Waals surface area contributed by atoms with Gasteiger partial charge in [-0.25, -0.2) is 22.5 Å². The SMILES string of the molecule is CCOC(=O)[C@H](CCS(C)(=O)=O)NP(=O)(OC[C@H]1O[C@@](C#N)(c2ccc3c(N)ncnn23)[C@@H](C)[C@@H]1O)Oc1ccccc1. The van der Waals surface area contributed by atoms with Crippen molar-refractivity contribution < 1.29 is 41.4 Å². The van der Waals surface area contributed by atoms with Crippen LogP contribution in [-0.2, 0) is 38.8 Å². The second-order valence-electron chi connectivity index (χ2n) is 9.99. The number of para-hydroxylation sites is 1. The first-order chi connectivity index (χ1) is 20.3. The summed E-state index contributed by atoms with van der Waals surface area (Å²) in [7, 11) is -7.97. The number of aromatic nitrogens is 3. The number of nitrogens with one attached hydrogen (secondary N) is 1. The molecule has 6 atom stereocenters. The van der Waals surface area contributed by atoms with Crippen molar-refractivity contribution in [1.29, 1.82) is 5.26 Å². The lowest BCUT2D eigenvalue weighted by atomic mass is 9.85. The van der Waals surface area contributed by atoms with Crippen molar-refractivity contribution in [2.45, 2.75) is 44.1 Å². The van der Waals surface area contributed by atoms with Gasteiger partial charge in [-0.3, -0.25) is 9.32 Å². The maximum absolute atomic E-state index is 14.1. The Kier molecular flexibility index (Phi) is 9.75. The summed E-state index contributed by atoms with van der Waals surface area (Å²) < 4.78 is 61.7. The number of hydrogen-bond donors (Lipinski definition) is 3. The number of benzene rings is 1. The lowest BCUT2D eigenvalue weighted by Crippen LogP contribution is -2.40. The minimum absolute atomic E-state index is 0.0121. The van der Waals surface area contributed by atoms with Gasteiger partial charge in [0.25, 0.3) is 0 Å². The van der Waals surface area contributed by atoms with E-state index in [1.54, 1.807) is 44.2 Å². The van der Waals surface area contributed by atoms with E-state index in [1.807, 2.05) is 0 Å². The Morgan fingerprint density at radius 3 is 2.70 bits per heavy atom. The number of nitrogens with zero attached hydrogens (tertiary/aromatic N) is 4. The van der Waals surface area contributed by atoms with Crippen LogP contribution in [0.1, 0.15) is 26.0 Å². The number of nitrogen functional groups attached to an aromatic ring is 1. The van der Waals surface area contributed by atoms with Crippen LogP contribution < -0.4 is 15.3 Å². The van der Waals surface area contributed by atoms with Gasteiger partial charge in [-0.15, -0.1) is 0 Å². The van der Waals surface area contributed by atoms with Gasteiger partial charge in [0.05, 0.1) is 30.8 Å². The quantitative estimate of drug-likeness (QED) is 0.179. The number of aliphatic hydroxyl groups is 1. The predicted octanol–water partition coefficient (Wildman–Crippen LogP) is 1.59. The molecule has 3 aromatic rings. The molecule has 17 heteroatoms. The van der Waals surface area contributed by atoms with Crippen LogP contribution in [0, 0.1) is 17.2 Å². The lowest BCUT2D eigenvalue weighted by molar-refractivity contribution is -0.145. The van der Waals surface area contributed by atoms with Gasteiger partial charge in [0, 0.05) is 12.2 Å². The molecule has 0 saturated carbocycles. The molecule has 4 N–H and O–H groups in total. The molecule has 2 aromatic heterocycles. The number of anilines is 1. The van der Waals surface area contributed by atoms with Crippen molar-refractivity contribution in [2.75, 3.05) is 31.0 Å². The largest absolute Gasteiger partial charge is 0.465 e. The molecule has 0 radical (unpaired) electrons. The highest BCUT2D eigenvalue weighted by Crippen LogP contribution is 2.49. The molecule has 43 heavy (non-hydrogen) atoms. The predicted molar refractivity (Wildman–Crippen MR) is 153 cm³/mol. The Morgan fingerprint density at radius 2 is 2.05 bits per heavy atom. The normalized spacial score (nSPS) is 24.2. The number of rotatable bonds is 13. The van der Waals surface area contributed by atoms with E-state index >= 15 is 0 Å². The van der Waals surface area contributed by atoms with Crippen LogP contribution in [0.4, 0.5) is 5.82 Å². The van der Waals surface area contributed by atoms with E-state index < -0.39 is 65.7 Å². The fourth-order valence-electron chi connectivity index (χ4n) is 4.71. The molecule has 1 unspecified atom stereocenters. The van der Waals surface area contributed by atoms with Gasteiger partial charge in [-0.1, -0.05) is 25.1 Å². The molecule has 3 heterocycles. The highest BCUT2D eigenvalue weighted by molar-refractivity contribution is 7.90. The van der Waals surface area contributed by atoms with Crippen LogP contribution >= 0.6 is 7.75 Å². The Balaban J connectivity index is 1.61. The zero-order valence-corrected chi connectivity index (χ0v) is 25.4. The van der Waals surface area contributed by atoms with E-state index in [2.05, 4.69) is 21.2 Å². The smallest absolute Gasteiger partial charge is 0.459 e.